The Bertz CT molecular complexity index is 1190. The maximum atomic E-state index is 13.6. The molecule has 5 rings (SSSR count). The van der Waals surface area contributed by atoms with E-state index in [2.05, 4.69) is 10.6 Å². The Balaban J connectivity index is 1.30. The standard InChI is InChI=1S/C28H32N4O5/c1-2-32-23-18-31(14-13-24(33)29-17-22-12-7-15-36-22)27(34)25(23)26(30-28(32)35)19-8-6-11-21(16-19)37-20-9-4-3-5-10-20/h3-6,8-11,16,22,26H,2,7,12-15,17-18H2,1H3,(H,29,33)(H,30,35)/t22-,26-/m1/s1. The molecule has 2 aromatic carbocycles. The first-order valence-electron chi connectivity index (χ1n) is 12.8. The number of ether oxygens (including phenoxy) is 2. The Kier molecular flexibility index (Phi) is 7.41. The summed E-state index contributed by atoms with van der Waals surface area (Å²) in [6.07, 6.45) is 2.23. The van der Waals surface area contributed by atoms with E-state index in [1.54, 1.807) is 9.80 Å². The van der Waals surface area contributed by atoms with E-state index in [1.165, 1.54) is 0 Å². The van der Waals surface area contributed by atoms with Crippen molar-refractivity contribution in [3.63, 3.8) is 0 Å². The first kappa shape index (κ1) is 24.8. The van der Waals surface area contributed by atoms with Gasteiger partial charge in [-0.15, -0.1) is 0 Å². The zero-order valence-electron chi connectivity index (χ0n) is 20.9. The fourth-order valence-corrected chi connectivity index (χ4v) is 5.05. The van der Waals surface area contributed by atoms with Crippen molar-refractivity contribution in [3.8, 4) is 11.5 Å². The first-order valence-corrected chi connectivity index (χ1v) is 12.8. The summed E-state index contributed by atoms with van der Waals surface area (Å²) in [6.45, 7) is 4.13. The minimum absolute atomic E-state index is 0.0731. The summed E-state index contributed by atoms with van der Waals surface area (Å²) in [5.74, 6) is 1.03. The number of hydrogen-bond acceptors (Lipinski definition) is 5. The summed E-state index contributed by atoms with van der Waals surface area (Å²) in [5, 5.41) is 5.90. The number of carbonyl (C=O) groups excluding carboxylic acids is 3. The van der Waals surface area contributed by atoms with Gasteiger partial charge in [-0.25, -0.2) is 4.79 Å². The lowest BCUT2D eigenvalue weighted by atomic mass is 9.95. The number of benzene rings is 2. The third-order valence-corrected chi connectivity index (χ3v) is 6.94. The molecular weight excluding hydrogens is 472 g/mol. The van der Waals surface area contributed by atoms with Crippen LogP contribution in [-0.4, -0.2) is 66.5 Å². The van der Waals surface area contributed by atoms with Crippen molar-refractivity contribution in [2.75, 3.05) is 32.8 Å². The van der Waals surface area contributed by atoms with Crippen molar-refractivity contribution < 1.29 is 23.9 Å². The second kappa shape index (κ2) is 11.0. The SMILES string of the molecule is CCN1C(=O)N[C@H](c2cccc(Oc3ccccc3)c2)C2=C1CN(CCC(=O)NC[C@H]1CCCO1)C2=O. The molecule has 0 unspecified atom stereocenters. The summed E-state index contributed by atoms with van der Waals surface area (Å²) < 4.78 is 11.5. The van der Waals surface area contributed by atoms with E-state index in [1.807, 2.05) is 61.5 Å². The van der Waals surface area contributed by atoms with Crippen LogP contribution in [0.15, 0.2) is 65.9 Å². The third kappa shape index (κ3) is 5.46. The molecule has 3 heterocycles. The molecule has 2 aromatic rings. The van der Waals surface area contributed by atoms with Crippen LogP contribution in [0.2, 0.25) is 0 Å². The number of rotatable bonds is 9. The van der Waals surface area contributed by atoms with Gasteiger partial charge in [0.05, 0.1) is 30.0 Å². The van der Waals surface area contributed by atoms with Crippen LogP contribution in [-0.2, 0) is 14.3 Å². The van der Waals surface area contributed by atoms with Crippen molar-refractivity contribution in [1.29, 1.82) is 0 Å². The van der Waals surface area contributed by atoms with Crippen LogP contribution in [0.3, 0.4) is 0 Å². The van der Waals surface area contributed by atoms with Gasteiger partial charge in [-0.3, -0.25) is 14.5 Å². The number of carbonyl (C=O) groups is 3. The average molecular weight is 505 g/mol. The third-order valence-electron chi connectivity index (χ3n) is 6.94. The van der Waals surface area contributed by atoms with Gasteiger partial charge in [0, 0.05) is 32.7 Å². The lowest BCUT2D eigenvalue weighted by Crippen LogP contribution is -2.47. The van der Waals surface area contributed by atoms with E-state index in [4.69, 9.17) is 9.47 Å². The molecule has 2 N–H and O–H groups in total. The maximum absolute atomic E-state index is 13.6. The molecule has 37 heavy (non-hydrogen) atoms. The molecule has 9 nitrogen and oxygen atoms in total. The molecule has 9 heteroatoms. The van der Waals surface area contributed by atoms with Crippen molar-refractivity contribution in [2.24, 2.45) is 0 Å². The van der Waals surface area contributed by atoms with Gasteiger partial charge < -0.3 is 25.0 Å². The van der Waals surface area contributed by atoms with Gasteiger partial charge in [0.25, 0.3) is 5.91 Å². The van der Waals surface area contributed by atoms with E-state index in [9.17, 15) is 14.4 Å². The normalized spacial score (nSPS) is 21.2. The lowest BCUT2D eigenvalue weighted by Gasteiger charge is -2.33. The molecule has 0 aliphatic carbocycles. The van der Waals surface area contributed by atoms with Crippen LogP contribution in [0.4, 0.5) is 4.79 Å². The Morgan fingerprint density at radius 3 is 2.70 bits per heavy atom. The van der Waals surface area contributed by atoms with E-state index in [0.29, 0.717) is 42.4 Å². The quantitative estimate of drug-likeness (QED) is 0.546. The smallest absolute Gasteiger partial charge is 0.322 e. The molecular formula is C28H32N4O5. The fourth-order valence-electron chi connectivity index (χ4n) is 5.05. The monoisotopic (exact) mass is 504 g/mol. The summed E-state index contributed by atoms with van der Waals surface area (Å²) in [4.78, 5) is 42.2. The summed E-state index contributed by atoms with van der Waals surface area (Å²) >= 11 is 0. The second-order valence-electron chi connectivity index (χ2n) is 9.39. The van der Waals surface area contributed by atoms with E-state index in [-0.39, 0.29) is 36.9 Å². The zero-order chi connectivity index (χ0) is 25.8. The van der Waals surface area contributed by atoms with Gasteiger partial charge in [-0.1, -0.05) is 30.3 Å². The van der Waals surface area contributed by atoms with Gasteiger partial charge in [-0.2, -0.15) is 0 Å². The highest BCUT2D eigenvalue weighted by Gasteiger charge is 2.43. The molecule has 194 valence electrons. The molecule has 0 bridgehead atoms. The Hall–Kier alpha value is -3.85. The van der Waals surface area contributed by atoms with Gasteiger partial charge in [0.2, 0.25) is 5.91 Å². The molecule has 0 radical (unpaired) electrons. The molecule has 1 saturated heterocycles. The highest BCUT2D eigenvalue weighted by Crippen LogP contribution is 2.37. The molecule has 0 aromatic heterocycles. The maximum Gasteiger partial charge on any atom is 0.322 e. The topological polar surface area (TPSA) is 100 Å². The predicted molar refractivity (Wildman–Crippen MR) is 137 cm³/mol. The Labute approximate surface area is 216 Å². The van der Waals surface area contributed by atoms with Crippen molar-refractivity contribution in [2.45, 2.75) is 38.3 Å². The van der Waals surface area contributed by atoms with Crippen molar-refractivity contribution >= 4 is 17.8 Å². The number of likely N-dealkylation sites (N-methyl/N-ethyl adjacent to an activating group) is 1. The number of amides is 4. The highest BCUT2D eigenvalue weighted by atomic mass is 16.5. The fraction of sp³-hybridized carbons (Fsp3) is 0.393. The molecule has 0 spiro atoms. The van der Waals surface area contributed by atoms with Gasteiger partial charge in [-0.05, 0) is 49.6 Å². The number of urea groups is 1. The number of para-hydroxylation sites is 1. The molecule has 3 aliphatic heterocycles. The van der Waals surface area contributed by atoms with E-state index in [0.717, 1.165) is 25.0 Å². The molecule has 3 aliphatic rings. The lowest BCUT2D eigenvalue weighted by molar-refractivity contribution is -0.127. The van der Waals surface area contributed by atoms with Crippen LogP contribution in [0.5, 0.6) is 11.5 Å². The van der Waals surface area contributed by atoms with Crippen LogP contribution >= 0.6 is 0 Å². The molecule has 0 saturated carbocycles. The Morgan fingerprint density at radius 2 is 1.95 bits per heavy atom. The molecule has 1 fully saturated rings. The van der Waals surface area contributed by atoms with Gasteiger partial charge >= 0.3 is 6.03 Å². The zero-order valence-corrected chi connectivity index (χ0v) is 20.9. The summed E-state index contributed by atoms with van der Waals surface area (Å²) in [7, 11) is 0. The van der Waals surface area contributed by atoms with E-state index < -0.39 is 6.04 Å². The van der Waals surface area contributed by atoms with Crippen molar-refractivity contribution in [1.82, 2.24) is 20.4 Å². The van der Waals surface area contributed by atoms with Crippen LogP contribution in [0.25, 0.3) is 0 Å². The van der Waals surface area contributed by atoms with E-state index >= 15 is 0 Å². The first-order chi connectivity index (χ1) is 18.0. The van der Waals surface area contributed by atoms with Crippen molar-refractivity contribution in [3.05, 3.63) is 71.4 Å². The second-order valence-corrected chi connectivity index (χ2v) is 9.39. The molecule has 2 atom stereocenters. The summed E-state index contributed by atoms with van der Waals surface area (Å²) in [5.41, 5.74) is 1.99. The number of nitrogens with zero attached hydrogens (tertiary/aromatic N) is 2. The molecule has 4 amide bonds. The minimum Gasteiger partial charge on any atom is -0.457 e. The van der Waals surface area contributed by atoms with Crippen LogP contribution < -0.4 is 15.4 Å². The number of hydrogen-bond donors (Lipinski definition) is 2. The summed E-state index contributed by atoms with van der Waals surface area (Å²) in [6, 6.07) is 16.0. The minimum atomic E-state index is -0.601. The largest absolute Gasteiger partial charge is 0.457 e. The van der Waals surface area contributed by atoms with Crippen LogP contribution in [0, 0.1) is 0 Å². The number of nitrogens with one attached hydrogen (secondary N) is 2. The average Bonchev–Trinajstić information content (AvgIpc) is 3.55. The highest BCUT2D eigenvalue weighted by molar-refractivity contribution is 6.01. The van der Waals surface area contributed by atoms with Gasteiger partial charge in [0.15, 0.2) is 0 Å². The van der Waals surface area contributed by atoms with Gasteiger partial charge in [0.1, 0.15) is 11.5 Å². The van der Waals surface area contributed by atoms with Crippen LogP contribution in [0.1, 0.15) is 37.8 Å². The predicted octanol–water partition coefficient (Wildman–Crippen LogP) is 3.35. The Morgan fingerprint density at radius 1 is 1.14 bits per heavy atom.